The Hall–Kier alpha value is -1.71. The van der Waals surface area contributed by atoms with Gasteiger partial charge in [0.05, 0.1) is 6.04 Å². The number of fused-ring (bicyclic) bond motifs is 1. The van der Waals surface area contributed by atoms with Crippen molar-refractivity contribution in [2.75, 3.05) is 18.5 Å². The largest absolute Gasteiger partial charge is 0.465 e. The normalized spacial score (nSPS) is 19.5. The summed E-state index contributed by atoms with van der Waals surface area (Å²) in [5, 5.41) is 11.3. The molecule has 1 heterocycles. The summed E-state index contributed by atoms with van der Waals surface area (Å²) in [5.41, 5.74) is 2.18. The Balaban J connectivity index is 2.31. The highest BCUT2D eigenvalue weighted by molar-refractivity contribution is 5.67. The molecule has 0 spiro atoms. The van der Waals surface area contributed by atoms with Crippen molar-refractivity contribution in [1.82, 2.24) is 5.32 Å². The Labute approximate surface area is 88.5 Å². The van der Waals surface area contributed by atoms with Crippen LogP contribution >= 0.6 is 0 Å². The van der Waals surface area contributed by atoms with Gasteiger partial charge in [-0.3, -0.25) is 0 Å². The third-order valence-electron chi connectivity index (χ3n) is 2.77. The van der Waals surface area contributed by atoms with Crippen LogP contribution in [0, 0.1) is 0 Å². The molecule has 4 nitrogen and oxygen atoms in total. The molecule has 0 radical (unpaired) electrons. The van der Waals surface area contributed by atoms with Crippen molar-refractivity contribution in [2.45, 2.75) is 12.5 Å². The van der Waals surface area contributed by atoms with Crippen LogP contribution in [-0.2, 0) is 0 Å². The number of hydrogen-bond acceptors (Lipinski definition) is 2. The quantitative estimate of drug-likeness (QED) is 0.737. The second-order valence-corrected chi connectivity index (χ2v) is 3.77. The fourth-order valence-electron chi connectivity index (χ4n) is 2.03. The number of nitrogens with zero attached hydrogens (tertiary/aromatic N) is 1. The smallest absolute Gasteiger partial charge is 0.405 e. The maximum Gasteiger partial charge on any atom is 0.405 e. The van der Waals surface area contributed by atoms with Crippen LogP contribution in [0.3, 0.4) is 0 Å². The molecule has 0 fully saturated rings. The Morgan fingerprint density at radius 1 is 1.53 bits per heavy atom. The van der Waals surface area contributed by atoms with Crippen LogP contribution in [0.2, 0.25) is 0 Å². The van der Waals surface area contributed by atoms with E-state index in [0.717, 1.165) is 24.2 Å². The van der Waals surface area contributed by atoms with E-state index >= 15 is 0 Å². The van der Waals surface area contributed by atoms with Crippen molar-refractivity contribution >= 4 is 11.8 Å². The molecule has 0 bridgehead atoms. The summed E-state index contributed by atoms with van der Waals surface area (Å²) in [6, 6.07) is 7.83. The van der Waals surface area contributed by atoms with Crippen LogP contribution in [-0.4, -0.2) is 24.8 Å². The van der Waals surface area contributed by atoms with Gasteiger partial charge in [-0.05, 0) is 18.1 Å². The Morgan fingerprint density at radius 2 is 2.27 bits per heavy atom. The first kappa shape index (κ1) is 9.83. The van der Waals surface area contributed by atoms with E-state index in [1.54, 1.807) is 0 Å². The van der Waals surface area contributed by atoms with Gasteiger partial charge >= 0.3 is 6.09 Å². The molecule has 1 atom stereocenters. The predicted octanol–water partition coefficient (Wildman–Crippen LogP) is 1.84. The molecule has 0 aliphatic carbocycles. The Morgan fingerprint density at radius 3 is 3.00 bits per heavy atom. The number of hydrogen-bond donors (Lipinski definition) is 2. The summed E-state index contributed by atoms with van der Waals surface area (Å²) in [6.45, 7) is 0.877. The lowest BCUT2D eigenvalue weighted by Crippen LogP contribution is -2.35. The molecule has 1 amide bonds. The van der Waals surface area contributed by atoms with Crippen molar-refractivity contribution in [1.29, 1.82) is 0 Å². The molecule has 1 aliphatic rings. The van der Waals surface area contributed by atoms with Gasteiger partial charge in [0.25, 0.3) is 0 Å². The highest BCUT2D eigenvalue weighted by Gasteiger charge is 2.23. The Bertz CT molecular complexity index is 379. The number of carbonyl (C=O) groups is 1. The maximum atomic E-state index is 10.6. The topological polar surface area (TPSA) is 52.6 Å². The lowest BCUT2D eigenvalue weighted by atomic mass is 9.97. The summed E-state index contributed by atoms with van der Waals surface area (Å²) in [7, 11) is 2.02. The molecule has 0 saturated heterocycles. The second kappa shape index (κ2) is 3.81. The zero-order chi connectivity index (χ0) is 10.8. The van der Waals surface area contributed by atoms with E-state index in [-0.39, 0.29) is 6.04 Å². The zero-order valence-electron chi connectivity index (χ0n) is 8.60. The van der Waals surface area contributed by atoms with Crippen molar-refractivity contribution < 1.29 is 9.90 Å². The van der Waals surface area contributed by atoms with Crippen LogP contribution in [0.4, 0.5) is 10.5 Å². The standard InChI is InChI=1S/C11H14N2O2/c1-13-7-6-9(12-11(14)15)8-4-2-3-5-10(8)13/h2-5,9,12H,6-7H2,1H3,(H,14,15). The molecule has 2 N–H and O–H groups in total. The van der Waals surface area contributed by atoms with E-state index in [1.165, 1.54) is 0 Å². The maximum absolute atomic E-state index is 10.6. The van der Waals surface area contributed by atoms with Gasteiger partial charge in [0.2, 0.25) is 0 Å². The minimum atomic E-state index is -0.959. The van der Waals surface area contributed by atoms with Crippen molar-refractivity contribution in [2.24, 2.45) is 0 Å². The molecule has 1 aromatic carbocycles. The van der Waals surface area contributed by atoms with E-state index in [4.69, 9.17) is 5.11 Å². The number of rotatable bonds is 1. The van der Waals surface area contributed by atoms with Crippen molar-refractivity contribution in [3.63, 3.8) is 0 Å². The van der Waals surface area contributed by atoms with E-state index in [2.05, 4.69) is 10.2 Å². The molecular weight excluding hydrogens is 192 g/mol. The fourth-order valence-corrected chi connectivity index (χ4v) is 2.03. The minimum absolute atomic E-state index is 0.0742. The van der Waals surface area contributed by atoms with Gasteiger partial charge in [-0.2, -0.15) is 0 Å². The number of anilines is 1. The third kappa shape index (κ3) is 1.88. The molecule has 0 saturated carbocycles. The average molecular weight is 206 g/mol. The molecular formula is C11H14N2O2. The van der Waals surface area contributed by atoms with Crippen molar-refractivity contribution in [3.05, 3.63) is 29.8 Å². The molecule has 2 rings (SSSR count). The first-order valence-corrected chi connectivity index (χ1v) is 4.98. The molecule has 4 heteroatoms. The number of carboxylic acid groups (broad SMARTS) is 1. The van der Waals surface area contributed by atoms with Crippen LogP contribution in [0.15, 0.2) is 24.3 Å². The van der Waals surface area contributed by atoms with Gasteiger partial charge in [0.1, 0.15) is 0 Å². The lowest BCUT2D eigenvalue weighted by molar-refractivity contribution is 0.189. The molecule has 15 heavy (non-hydrogen) atoms. The van der Waals surface area contributed by atoms with Gasteiger partial charge in [-0.1, -0.05) is 18.2 Å². The molecule has 0 aromatic heterocycles. The van der Waals surface area contributed by atoms with Gasteiger partial charge in [-0.25, -0.2) is 4.79 Å². The van der Waals surface area contributed by atoms with E-state index in [9.17, 15) is 4.79 Å². The van der Waals surface area contributed by atoms with Crippen LogP contribution in [0.5, 0.6) is 0 Å². The molecule has 1 unspecified atom stereocenters. The van der Waals surface area contributed by atoms with E-state index in [0.29, 0.717) is 0 Å². The van der Waals surface area contributed by atoms with Gasteiger partial charge in [0.15, 0.2) is 0 Å². The monoisotopic (exact) mass is 206 g/mol. The molecule has 1 aliphatic heterocycles. The number of amides is 1. The molecule has 80 valence electrons. The second-order valence-electron chi connectivity index (χ2n) is 3.77. The first-order chi connectivity index (χ1) is 7.18. The fraction of sp³-hybridized carbons (Fsp3) is 0.364. The van der Waals surface area contributed by atoms with Crippen molar-refractivity contribution in [3.8, 4) is 0 Å². The highest BCUT2D eigenvalue weighted by Crippen LogP contribution is 2.32. The summed E-state index contributed by atoms with van der Waals surface area (Å²) >= 11 is 0. The van der Waals surface area contributed by atoms with Gasteiger partial charge < -0.3 is 15.3 Å². The van der Waals surface area contributed by atoms with E-state index < -0.39 is 6.09 Å². The summed E-state index contributed by atoms with van der Waals surface area (Å²) in [5.74, 6) is 0. The first-order valence-electron chi connectivity index (χ1n) is 4.98. The summed E-state index contributed by atoms with van der Waals surface area (Å²) in [4.78, 5) is 12.8. The molecule has 1 aromatic rings. The third-order valence-corrected chi connectivity index (χ3v) is 2.77. The Kier molecular flexibility index (Phi) is 2.49. The van der Waals surface area contributed by atoms with Gasteiger partial charge in [0, 0.05) is 19.3 Å². The summed E-state index contributed by atoms with van der Waals surface area (Å²) in [6.07, 6.45) is -0.140. The summed E-state index contributed by atoms with van der Waals surface area (Å²) < 4.78 is 0. The van der Waals surface area contributed by atoms with E-state index in [1.807, 2.05) is 31.3 Å². The SMILES string of the molecule is CN1CCC(NC(=O)O)c2ccccc21. The number of benzene rings is 1. The minimum Gasteiger partial charge on any atom is -0.465 e. The predicted molar refractivity (Wildman–Crippen MR) is 58.2 cm³/mol. The van der Waals surface area contributed by atoms with Crippen LogP contribution < -0.4 is 10.2 Å². The van der Waals surface area contributed by atoms with Crippen LogP contribution in [0.25, 0.3) is 0 Å². The number of nitrogens with one attached hydrogen (secondary N) is 1. The number of para-hydroxylation sites is 1. The highest BCUT2D eigenvalue weighted by atomic mass is 16.4. The zero-order valence-corrected chi connectivity index (χ0v) is 8.60. The average Bonchev–Trinajstić information content (AvgIpc) is 2.22. The van der Waals surface area contributed by atoms with Crippen LogP contribution in [0.1, 0.15) is 18.0 Å². The lowest BCUT2D eigenvalue weighted by Gasteiger charge is -2.32. The van der Waals surface area contributed by atoms with Gasteiger partial charge in [-0.15, -0.1) is 0 Å².